The molecule has 0 spiro atoms. The minimum Gasteiger partial charge on any atom is -0.493 e. The molecule has 0 unspecified atom stereocenters. The van der Waals surface area contributed by atoms with Gasteiger partial charge in [-0.1, -0.05) is 6.07 Å². The number of benzene rings is 1. The van der Waals surface area contributed by atoms with Gasteiger partial charge < -0.3 is 24.2 Å². The summed E-state index contributed by atoms with van der Waals surface area (Å²) in [4.78, 5) is 19.2. The van der Waals surface area contributed by atoms with Gasteiger partial charge >= 0.3 is 0 Å². The molecule has 1 aliphatic rings. The molecule has 0 aliphatic carbocycles. The Hall–Kier alpha value is -3.17. The molecule has 2 atom stereocenters. The maximum Gasteiger partial charge on any atom is 0.256 e. The predicted octanol–water partition coefficient (Wildman–Crippen LogP) is 1.32. The van der Waals surface area contributed by atoms with Crippen LogP contribution in [0.5, 0.6) is 11.5 Å². The van der Waals surface area contributed by atoms with E-state index in [-0.39, 0.29) is 12.5 Å². The maximum absolute atomic E-state index is 13.4. The zero-order valence-corrected chi connectivity index (χ0v) is 16.2. The number of hydrogen-bond donors (Lipinski definition) is 1. The number of methoxy groups -OCH3 is 2. The van der Waals surface area contributed by atoms with E-state index in [4.69, 9.17) is 14.2 Å². The smallest absolute Gasteiger partial charge is 0.256 e. The summed E-state index contributed by atoms with van der Waals surface area (Å²) < 4.78 is 18.0. The average molecular weight is 398 g/mol. The number of amides is 1. The monoisotopic (exact) mass is 398 g/mol. The zero-order valence-electron chi connectivity index (χ0n) is 16.2. The molecular weight excluding hydrogens is 376 g/mol. The molecule has 1 fully saturated rings. The van der Waals surface area contributed by atoms with Crippen LogP contribution in [-0.2, 0) is 4.74 Å². The molecule has 1 aromatic carbocycles. The first-order valence-corrected chi connectivity index (χ1v) is 9.21. The van der Waals surface area contributed by atoms with Crippen LogP contribution in [0.2, 0.25) is 0 Å². The lowest BCUT2D eigenvalue weighted by atomic mass is 9.97. The fourth-order valence-electron chi connectivity index (χ4n) is 3.65. The number of pyridine rings is 1. The molecule has 152 valence electrons. The Morgan fingerprint density at radius 2 is 2.07 bits per heavy atom. The number of hydrogen-bond acceptors (Lipinski definition) is 7. The molecule has 1 aliphatic heterocycles. The van der Waals surface area contributed by atoms with Gasteiger partial charge in [0, 0.05) is 12.7 Å². The van der Waals surface area contributed by atoms with Crippen molar-refractivity contribution in [3.05, 3.63) is 54.0 Å². The molecule has 2 aromatic heterocycles. The normalized spacial score (nSPS) is 19.3. The fourth-order valence-corrected chi connectivity index (χ4v) is 3.65. The van der Waals surface area contributed by atoms with E-state index in [1.54, 1.807) is 48.0 Å². The lowest BCUT2D eigenvalue weighted by Gasteiger charge is -2.41. The number of aromatic nitrogens is 3. The van der Waals surface area contributed by atoms with Crippen LogP contribution in [0.25, 0.3) is 5.65 Å². The molecule has 1 N–H and O–H groups in total. The number of aliphatic hydroxyl groups is 1. The van der Waals surface area contributed by atoms with Crippen molar-refractivity contribution in [3.63, 3.8) is 0 Å². The quantitative estimate of drug-likeness (QED) is 0.692. The fraction of sp³-hybridized carbons (Fsp3) is 0.350. The highest BCUT2D eigenvalue weighted by Gasteiger charge is 2.37. The zero-order chi connectivity index (χ0) is 20.4. The number of carbonyl (C=O) groups is 1. The molecule has 0 radical (unpaired) electrons. The van der Waals surface area contributed by atoms with E-state index >= 15 is 0 Å². The summed E-state index contributed by atoms with van der Waals surface area (Å²) in [5.74, 6) is 0.954. The van der Waals surface area contributed by atoms with Crippen LogP contribution in [0, 0.1) is 0 Å². The predicted molar refractivity (Wildman–Crippen MR) is 103 cm³/mol. The Kier molecular flexibility index (Phi) is 5.32. The van der Waals surface area contributed by atoms with Crippen LogP contribution in [-0.4, -0.2) is 70.6 Å². The van der Waals surface area contributed by atoms with Crippen LogP contribution in [0.15, 0.2) is 42.9 Å². The summed E-state index contributed by atoms with van der Waals surface area (Å²) in [5, 5.41) is 14.0. The number of nitrogens with zero attached hydrogens (tertiary/aromatic N) is 4. The van der Waals surface area contributed by atoms with Gasteiger partial charge in [-0.3, -0.25) is 4.79 Å². The summed E-state index contributed by atoms with van der Waals surface area (Å²) >= 11 is 0. The van der Waals surface area contributed by atoms with Crippen molar-refractivity contribution in [3.8, 4) is 11.5 Å². The largest absolute Gasteiger partial charge is 0.493 e. The third-order valence-corrected chi connectivity index (χ3v) is 5.06. The van der Waals surface area contributed by atoms with E-state index in [2.05, 4.69) is 10.1 Å². The third-order valence-electron chi connectivity index (χ3n) is 5.06. The molecule has 1 saturated heterocycles. The van der Waals surface area contributed by atoms with Gasteiger partial charge in [-0.05, 0) is 29.8 Å². The Labute approximate surface area is 167 Å². The molecule has 3 heterocycles. The van der Waals surface area contributed by atoms with Crippen molar-refractivity contribution < 1.29 is 24.1 Å². The Morgan fingerprint density at radius 1 is 1.24 bits per heavy atom. The number of rotatable bonds is 5. The first kappa shape index (κ1) is 19.2. The van der Waals surface area contributed by atoms with E-state index in [9.17, 15) is 9.90 Å². The van der Waals surface area contributed by atoms with Crippen molar-refractivity contribution in [2.24, 2.45) is 0 Å². The second-order valence-corrected chi connectivity index (χ2v) is 6.63. The van der Waals surface area contributed by atoms with Crippen LogP contribution < -0.4 is 9.47 Å². The van der Waals surface area contributed by atoms with E-state index in [1.807, 2.05) is 12.1 Å². The summed E-state index contributed by atoms with van der Waals surface area (Å²) in [7, 11) is 3.12. The van der Waals surface area contributed by atoms with Crippen LogP contribution >= 0.6 is 0 Å². The highest BCUT2D eigenvalue weighted by molar-refractivity contribution is 5.94. The third kappa shape index (κ3) is 3.50. The van der Waals surface area contributed by atoms with E-state index in [1.165, 1.54) is 6.33 Å². The average Bonchev–Trinajstić information content (AvgIpc) is 3.25. The summed E-state index contributed by atoms with van der Waals surface area (Å²) in [6.07, 6.45) is 2.53. The van der Waals surface area contributed by atoms with Gasteiger partial charge in [0.05, 0.1) is 39.0 Å². The van der Waals surface area contributed by atoms with Gasteiger partial charge in [0.15, 0.2) is 17.1 Å². The van der Waals surface area contributed by atoms with Crippen molar-refractivity contribution in [1.29, 1.82) is 0 Å². The molecule has 9 nitrogen and oxygen atoms in total. The first-order valence-electron chi connectivity index (χ1n) is 9.21. The van der Waals surface area contributed by atoms with Crippen LogP contribution in [0.3, 0.4) is 0 Å². The Bertz CT molecular complexity index is 1020. The number of fused-ring (bicyclic) bond motifs is 1. The van der Waals surface area contributed by atoms with Gasteiger partial charge in [-0.25, -0.2) is 9.50 Å². The molecule has 4 rings (SSSR count). The van der Waals surface area contributed by atoms with E-state index in [0.29, 0.717) is 35.9 Å². The van der Waals surface area contributed by atoms with Crippen LogP contribution in [0.4, 0.5) is 0 Å². The van der Waals surface area contributed by atoms with Gasteiger partial charge in [-0.2, -0.15) is 5.10 Å². The van der Waals surface area contributed by atoms with Gasteiger partial charge in [0.25, 0.3) is 5.91 Å². The number of morpholine rings is 1. The molecule has 9 heteroatoms. The second kappa shape index (κ2) is 8.06. The number of ether oxygens (including phenoxy) is 3. The first-order chi connectivity index (χ1) is 14.2. The van der Waals surface area contributed by atoms with Crippen molar-refractivity contribution in [1.82, 2.24) is 19.5 Å². The number of carbonyl (C=O) groups excluding carboxylic acids is 1. The lowest BCUT2D eigenvalue weighted by Crippen LogP contribution is -2.49. The van der Waals surface area contributed by atoms with Gasteiger partial charge in [-0.15, -0.1) is 0 Å². The molecule has 0 bridgehead atoms. The van der Waals surface area contributed by atoms with E-state index in [0.717, 1.165) is 5.56 Å². The van der Waals surface area contributed by atoms with Crippen molar-refractivity contribution >= 4 is 11.6 Å². The molecular formula is C20H22N4O5. The lowest BCUT2D eigenvalue weighted by molar-refractivity contribution is -0.0811. The van der Waals surface area contributed by atoms with Crippen molar-refractivity contribution in [2.75, 3.05) is 34.0 Å². The minimum absolute atomic E-state index is 0.177. The minimum atomic E-state index is -0.555. The Balaban J connectivity index is 1.72. The second-order valence-electron chi connectivity index (χ2n) is 6.63. The van der Waals surface area contributed by atoms with Gasteiger partial charge in [0.2, 0.25) is 0 Å². The van der Waals surface area contributed by atoms with Crippen LogP contribution in [0.1, 0.15) is 22.0 Å². The van der Waals surface area contributed by atoms with Crippen molar-refractivity contribution in [2.45, 2.75) is 12.1 Å². The Morgan fingerprint density at radius 3 is 2.83 bits per heavy atom. The molecule has 3 aromatic rings. The highest BCUT2D eigenvalue weighted by atomic mass is 16.5. The topological polar surface area (TPSA) is 98.4 Å². The molecule has 29 heavy (non-hydrogen) atoms. The van der Waals surface area contributed by atoms with Gasteiger partial charge in [0.1, 0.15) is 12.4 Å². The molecule has 0 saturated carbocycles. The highest BCUT2D eigenvalue weighted by Crippen LogP contribution is 2.36. The summed E-state index contributed by atoms with van der Waals surface area (Å²) in [6.45, 7) is 0.515. The molecule has 1 amide bonds. The van der Waals surface area contributed by atoms with E-state index < -0.39 is 12.1 Å². The summed E-state index contributed by atoms with van der Waals surface area (Å²) in [6, 6.07) is 8.43. The number of aliphatic hydroxyl groups excluding tert-OH is 1. The summed E-state index contributed by atoms with van der Waals surface area (Å²) in [5.41, 5.74) is 1.93. The maximum atomic E-state index is 13.4. The SMILES string of the molecule is COc1ccc([C@H]2[C@H](CO)OCCN2C(=O)c2ccc3ncnn3c2)cc1OC. The standard InChI is InChI=1S/C20H22N4O5/c1-27-15-5-3-13(9-16(15)28-2)19-17(11-25)29-8-7-23(19)20(26)14-4-6-18-21-12-22-24(18)10-14/h3-6,9-10,12,17,19,25H,7-8,11H2,1-2H3/t17-,19-/m0/s1.